The Balaban J connectivity index is 1.48. The van der Waals surface area contributed by atoms with Crippen molar-refractivity contribution in [2.45, 2.75) is 56.1 Å². The van der Waals surface area contributed by atoms with Crippen molar-refractivity contribution in [3.8, 4) is 0 Å². The lowest BCUT2D eigenvalue weighted by molar-refractivity contribution is -0.114. The van der Waals surface area contributed by atoms with Crippen LogP contribution in [0.3, 0.4) is 0 Å². The summed E-state index contributed by atoms with van der Waals surface area (Å²) in [6.07, 6.45) is 8.52. The second-order valence-corrected chi connectivity index (χ2v) is 9.28. The van der Waals surface area contributed by atoms with Crippen LogP contribution in [0.15, 0.2) is 27.8 Å². The molecule has 1 aromatic heterocycles. The van der Waals surface area contributed by atoms with Crippen LogP contribution in [0.1, 0.15) is 51.0 Å². The van der Waals surface area contributed by atoms with Gasteiger partial charge in [0.05, 0.1) is 5.75 Å². The molecule has 4 heteroatoms. The molecule has 0 amide bonds. The van der Waals surface area contributed by atoms with Crippen LogP contribution >= 0.6 is 11.8 Å². The Morgan fingerprint density at radius 3 is 2.50 bits per heavy atom. The lowest BCUT2D eigenvalue weighted by Gasteiger charge is -2.57. The van der Waals surface area contributed by atoms with Gasteiger partial charge in [0.25, 0.3) is 5.22 Å². The van der Waals surface area contributed by atoms with Crippen molar-refractivity contribution in [1.29, 1.82) is 0 Å². The van der Waals surface area contributed by atoms with Gasteiger partial charge in [-0.05, 0) is 86.3 Å². The molecule has 24 heavy (non-hydrogen) atoms. The highest BCUT2D eigenvalue weighted by molar-refractivity contribution is 7.99. The molecule has 1 aromatic carbocycles. The van der Waals surface area contributed by atoms with Crippen molar-refractivity contribution >= 4 is 28.6 Å². The number of aromatic nitrogens is 1. The van der Waals surface area contributed by atoms with Crippen molar-refractivity contribution in [3.05, 3.63) is 23.8 Å². The average molecular weight is 341 g/mol. The van der Waals surface area contributed by atoms with Gasteiger partial charge in [-0.25, -0.2) is 4.98 Å². The highest BCUT2D eigenvalue weighted by Gasteiger charge is 2.51. The van der Waals surface area contributed by atoms with Crippen molar-refractivity contribution in [2.24, 2.45) is 17.8 Å². The van der Waals surface area contributed by atoms with E-state index in [4.69, 9.17) is 4.42 Å². The fraction of sp³-hybridized carbons (Fsp3) is 0.600. The van der Waals surface area contributed by atoms with Gasteiger partial charge >= 0.3 is 0 Å². The number of benzene rings is 1. The van der Waals surface area contributed by atoms with Gasteiger partial charge in [-0.3, -0.25) is 4.79 Å². The fourth-order valence-electron chi connectivity index (χ4n) is 5.93. The normalized spacial score (nSPS) is 34.1. The molecule has 4 aliphatic carbocycles. The molecule has 0 N–H and O–H groups in total. The molecule has 4 fully saturated rings. The van der Waals surface area contributed by atoms with E-state index in [2.05, 4.69) is 23.2 Å². The molecule has 6 rings (SSSR count). The number of nitrogens with zero attached hydrogens (tertiary/aromatic N) is 1. The molecule has 0 atom stereocenters. The molecular formula is C20H23NO2S. The van der Waals surface area contributed by atoms with Crippen LogP contribution in [-0.2, 0) is 10.2 Å². The summed E-state index contributed by atoms with van der Waals surface area (Å²) in [5, 5.41) is 0.614. The number of hydrogen-bond donors (Lipinski definition) is 0. The summed E-state index contributed by atoms with van der Waals surface area (Å²) < 4.78 is 5.79. The van der Waals surface area contributed by atoms with Crippen molar-refractivity contribution in [3.63, 3.8) is 0 Å². The monoisotopic (exact) mass is 341 g/mol. The predicted octanol–water partition coefficient (Wildman–Crippen LogP) is 4.98. The first kappa shape index (κ1) is 15.0. The molecule has 0 spiro atoms. The molecule has 0 saturated heterocycles. The van der Waals surface area contributed by atoms with E-state index in [0.29, 0.717) is 16.4 Å². The number of Topliss-reactive ketones (excluding diaryl/α,β-unsaturated/α-hetero) is 1. The third-order valence-corrected chi connectivity index (χ3v) is 7.39. The highest BCUT2D eigenvalue weighted by Crippen LogP contribution is 2.60. The quantitative estimate of drug-likeness (QED) is 0.736. The molecule has 126 valence electrons. The lowest BCUT2D eigenvalue weighted by atomic mass is 9.48. The van der Waals surface area contributed by atoms with Crippen molar-refractivity contribution in [2.75, 3.05) is 5.75 Å². The largest absolute Gasteiger partial charge is 0.431 e. The van der Waals surface area contributed by atoms with Gasteiger partial charge in [-0.15, -0.1) is 0 Å². The van der Waals surface area contributed by atoms with Gasteiger partial charge in [0.15, 0.2) is 5.58 Å². The number of hydrogen-bond acceptors (Lipinski definition) is 4. The number of rotatable bonds is 4. The van der Waals surface area contributed by atoms with Crippen LogP contribution in [0.25, 0.3) is 11.1 Å². The minimum atomic E-state index is 0.150. The van der Waals surface area contributed by atoms with Crippen LogP contribution in [0.5, 0.6) is 0 Å². The Labute approximate surface area is 146 Å². The summed E-state index contributed by atoms with van der Waals surface area (Å²) >= 11 is 1.39. The maximum absolute atomic E-state index is 11.2. The smallest absolute Gasteiger partial charge is 0.257 e. The maximum atomic E-state index is 11.2. The first-order valence-electron chi connectivity index (χ1n) is 9.13. The third kappa shape index (κ3) is 2.42. The number of ketones is 1. The number of fused-ring (bicyclic) bond motifs is 1. The number of carbonyl (C=O) groups excluding carboxylic acids is 1. The van der Waals surface area contributed by atoms with Gasteiger partial charge in [0.2, 0.25) is 0 Å². The summed E-state index contributed by atoms with van der Waals surface area (Å²) in [6, 6.07) is 6.64. The molecule has 0 radical (unpaired) electrons. The van der Waals surface area contributed by atoms with Crippen LogP contribution < -0.4 is 0 Å². The third-order valence-electron chi connectivity index (χ3n) is 6.42. The van der Waals surface area contributed by atoms with Gasteiger partial charge < -0.3 is 4.42 Å². The summed E-state index contributed by atoms with van der Waals surface area (Å²) in [5.74, 6) is 3.42. The Bertz CT molecular complexity index is 774. The van der Waals surface area contributed by atoms with E-state index in [-0.39, 0.29) is 5.78 Å². The molecule has 4 aliphatic rings. The van der Waals surface area contributed by atoms with E-state index in [1.165, 1.54) is 55.9 Å². The number of carbonyl (C=O) groups is 1. The molecule has 2 aromatic rings. The number of thioether (sulfide) groups is 1. The summed E-state index contributed by atoms with van der Waals surface area (Å²) in [5.41, 5.74) is 3.67. The minimum absolute atomic E-state index is 0.150. The SMILES string of the molecule is CC(=O)CSc1nc2cc(C34CC5CC(CC(C5)C3)C4)ccc2o1. The standard InChI is InChI=1S/C20H23NO2S/c1-12(22)11-24-19-21-17-7-16(2-3-18(17)23-19)20-8-13-4-14(9-20)6-15(5-13)10-20/h2-3,7,13-15H,4-6,8-11H2,1H3. The maximum Gasteiger partial charge on any atom is 0.257 e. The average Bonchev–Trinajstić information content (AvgIpc) is 2.93. The molecule has 4 bridgehead atoms. The van der Waals surface area contributed by atoms with E-state index in [1.807, 2.05) is 0 Å². The molecule has 1 heterocycles. The molecule has 3 nitrogen and oxygen atoms in total. The Morgan fingerprint density at radius 2 is 1.88 bits per heavy atom. The first-order chi connectivity index (χ1) is 11.6. The Hall–Kier alpha value is -1.29. The van der Waals surface area contributed by atoms with Crippen LogP contribution in [0.2, 0.25) is 0 Å². The molecular weight excluding hydrogens is 318 g/mol. The van der Waals surface area contributed by atoms with E-state index in [0.717, 1.165) is 28.9 Å². The van der Waals surface area contributed by atoms with Crippen LogP contribution in [0.4, 0.5) is 0 Å². The summed E-state index contributed by atoms with van der Waals surface area (Å²) in [6.45, 7) is 1.60. The van der Waals surface area contributed by atoms with Crippen LogP contribution in [0, 0.1) is 17.8 Å². The van der Waals surface area contributed by atoms with Crippen molar-refractivity contribution in [1.82, 2.24) is 4.98 Å². The van der Waals surface area contributed by atoms with Gasteiger partial charge in [0.1, 0.15) is 11.3 Å². The zero-order chi connectivity index (χ0) is 16.3. The first-order valence-corrected chi connectivity index (χ1v) is 10.1. The molecule has 0 aliphatic heterocycles. The Kier molecular flexibility index (Phi) is 3.35. The van der Waals surface area contributed by atoms with E-state index >= 15 is 0 Å². The zero-order valence-corrected chi connectivity index (χ0v) is 14.9. The second kappa shape index (κ2) is 5.35. The topological polar surface area (TPSA) is 43.1 Å². The molecule has 0 unspecified atom stereocenters. The van der Waals surface area contributed by atoms with Gasteiger partial charge in [0, 0.05) is 0 Å². The minimum Gasteiger partial charge on any atom is -0.431 e. The molecule has 4 saturated carbocycles. The second-order valence-electron chi connectivity index (χ2n) is 8.35. The fourth-order valence-corrected chi connectivity index (χ4v) is 6.56. The predicted molar refractivity (Wildman–Crippen MR) is 95.3 cm³/mol. The van der Waals surface area contributed by atoms with E-state index in [9.17, 15) is 4.79 Å². The van der Waals surface area contributed by atoms with Gasteiger partial charge in [-0.1, -0.05) is 17.8 Å². The van der Waals surface area contributed by atoms with Crippen molar-refractivity contribution < 1.29 is 9.21 Å². The number of oxazole rings is 1. The van der Waals surface area contributed by atoms with E-state index in [1.54, 1.807) is 6.92 Å². The summed E-state index contributed by atoms with van der Waals surface area (Å²) in [7, 11) is 0. The van der Waals surface area contributed by atoms with Gasteiger partial charge in [-0.2, -0.15) is 0 Å². The van der Waals surface area contributed by atoms with E-state index < -0.39 is 0 Å². The Morgan fingerprint density at radius 1 is 1.21 bits per heavy atom. The van der Waals surface area contributed by atoms with Crippen LogP contribution in [-0.4, -0.2) is 16.5 Å². The highest BCUT2D eigenvalue weighted by atomic mass is 32.2. The zero-order valence-electron chi connectivity index (χ0n) is 14.1. The summed E-state index contributed by atoms with van der Waals surface area (Å²) in [4.78, 5) is 15.8. The lowest BCUT2D eigenvalue weighted by Crippen LogP contribution is -2.48.